The van der Waals surface area contributed by atoms with E-state index in [4.69, 9.17) is 0 Å². The first kappa shape index (κ1) is 20.3. The second-order valence-electron chi connectivity index (χ2n) is 5.11. The van der Waals surface area contributed by atoms with Crippen LogP contribution < -0.4 is 5.32 Å². The normalized spacial score (nSPS) is 12.4. The van der Waals surface area contributed by atoms with E-state index in [-0.39, 0.29) is 28.7 Å². The third-order valence-corrected chi connectivity index (χ3v) is 6.26. The average molecular weight is 407 g/mol. The molecule has 2 rings (SSSR count). The number of thiazole rings is 1. The Morgan fingerprint density at radius 2 is 1.92 bits per heavy atom. The number of halogens is 3. The number of sulfonamides is 1. The summed E-state index contributed by atoms with van der Waals surface area (Å²) in [5, 5.41) is 2.81. The van der Waals surface area contributed by atoms with Crippen LogP contribution in [0.5, 0.6) is 0 Å². The summed E-state index contributed by atoms with van der Waals surface area (Å²) in [7, 11) is -3.75. The molecule has 1 aromatic heterocycles. The number of nitrogens with zero attached hydrogens (tertiary/aromatic N) is 2. The molecule has 1 amide bonds. The third kappa shape index (κ3) is 4.40. The van der Waals surface area contributed by atoms with Crippen LogP contribution in [0.2, 0.25) is 0 Å². The Balaban J connectivity index is 2.24. The predicted octanol–water partition coefficient (Wildman–Crippen LogP) is 3.44. The topological polar surface area (TPSA) is 79.4 Å². The summed E-state index contributed by atoms with van der Waals surface area (Å²) >= 11 is 0.632. The maximum atomic E-state index is 12.5. The lowest BCUT2D eigenvalue weighted by Gasteiger charge is -2.18. The maximum Gasteiger partial charge on any atom is 0.434 e. The highest BCUT2D eigenvalue weighted by Crippen LogP contribution is 2.31. The van der Waals surface area contributed by atoms with Gasteiger partial charge in [-0.25, -0.2) is 13.4 Å². The van der Waals surface area contributed by atoms with E-state index >= 15 is 0 Å². The zero-order valence-electron chi connectivity index (χ0n) is 13.9. The molecular formula is C15H16F3N3O3S2. The Hall–Kier alpha value is -1.98. The van der Waals surface area contributed by atoms with Gasteiger partial charge in [-0.05, 0) is 18.2 Å². The Bertz CT molecular complexity index is 891. The number of alkyl halides is 3. The fraction of sp³-hybridized carbons (Fsp3) is 0.333. The molecule has 0 fully saturated rings. The molecule has 2 aromatic rings. The van der Waals surface area contributed by atoms with E-state index < -0.39 is 27.8 Å². The van der Waals surface area contributed by atoms with Gasteiger partial charge in [-0.2, -0.15) is 17.5 Å². The number of aromatic nitrogens is 1. The Labute approximate surface area is 152 Å². The van der Waals surface area contributed by atoms with Gasteiger partial charge in [0.1, 0.15) is 0 Å². The van der Waals surface area contributed by atoms with Gasteiger partial charge in [0.15, 0.2) is 10.8 Å². The predicted molar refractivity (Wildman–Crippen MR) is 91.6 cm³/mol. The molecule has 0 atom stereocenters. The summed E-state index contributed by atoms with van der Waals surface area (Å²) in [5.74, 6) is -0.746. The lowest BCUT2D eigenvalue weighted by atomic mass is 10.2. The van der Waals surface area contributed by atoms with Gasteiger partial charge in [-0.15, -0.1) is 11.3 Å². The summed E-state index contributed by atoms with van der Waals surface area (Å²) in [4.78, 5) is 15.5. The highest BCUT2D eigenvalue weighted by Gasteiger charge is 2.34. The van der Waals surface area contributed by atoms with Crippen LogP contribution >= 0.6 is 11.3 Å². The van der Waals surface area contributed by atoms with Crippen LogP contribution in [0, 0.1) is 0 Å². The minimum Gasteiger partial charge on any atom is -0.298 e. The number of carbonyl (C=O) groups excluding carboxylic acids is 1. The number of hydrogen-bond donors (Lipinski definition) is 1. The van der Waals surface area contributed by atoms with Gasteiger partial charge in [0.05, 0.1) is 4.90 Å². The fourth-order valence-electron chi connectivity index (χ4n) is 2.14. The van der Waals surface area contributed by atoms with E-state index in [2.05, 4.69) is 10.3 Å². The van der Waals surface area contributed by atoms with Gasteiger partial charge in [-0.1, -0.05) is 19.9 Å². The van der Waals surface area contributed by atoms with Crippen LogP contribution in [-0.4, -0.2) is 36.7 Å². The molecule has 6 nitrogen and oxygen atoms in total. The molecule has 0 saturated heterocycles. The van der Waals surface area contributed by atoms with E-state index in [1.807, 2.05) is 0 Å². The molecular weight excluding hydrogens is 391 g/mol. The molecule has 0 spiro atoms. The Kier molecular flexibility index (Phi) is 6.04. The molecule has 0 radical (unpaired) electrons. The SMILES string of the molecule is CCN(CC)S(=O)(=O)c1cccc(C(=O)Nc2nc(C(F)(F)F)cs2)c1. The molecule has 26 heavy (non-hydrogen) atoms. The number of amides is 1. The number of anilines is 1. The third-order valence-electron chi connectivity index (χ3n) is 3.45. The molecule has 0 aliphatic carbocycles. The number of benzene rings is 1. The van der Waals surface area contributed by atoms with Crippen LogP contribution in [0.25, 0.3) is 0 Å². The van der Waals surface area contributed by atoms with Gasteiger partial charge in [0.25, 0.3) is 5.91 Å². The van der Waals surface area contributed by atoms with Crippen molar-refractivity contribution in [2.24, 2.45) is 0 Å². The molecule has 0 saturated carbocycles. The quantitative estimate of drug-likeness (QED) is 0.796. The van der Waals surface area contributed by atoms with Crippen LogP contribution in [0.1, 0.15) is 29.9 Å². The standard InChI is InChI=1S/C15H16F3N3O3S2/c1-3-21(4-2)26(23,24)11-7-5-6-10(8-11)13(22)20-14-19-12(9-25-14)15(16,17)18/h5-9H,3-4H2,1-2H3,(H,19,20,22). The summed E-state index contributed by atoms with van der Waals surface area (Å²) in [6.07, 6.45) is -4.60. The summed E-state index contributed by atoms with van der Waals surface area (Å²) < 4.78 is 63.9. The molecule has 1 N–H and O–H groups in total. The molecule has 0 aliphatic rings. The van der Waals surface area contributed by atoms with Crippen molar-refractivity contribution >= 4 is 32.4 Å². The molecule has 0 bridgehead atoms. The van der Waals surface area contributed by atoms with Crippen molar-refractivity contribution in [1.29, 1.82) is 0 Å². The van der Waals surface area contributed by atoms with Gasteiger partial charge in [0, 0.05) is 24.0 Å². The van der Waals surface area contributed by atoms with Crippen molar-refractivity contribution in [2.75, 3.05) is 18.4 Å². The average Bonchev–Trinajstić information content (AvgIpc) is 3.04. The van der Waals surface area contributed by atoms with Crippen LogP contribution in [-0.2, 0) is 16.2 Å². The largest absolute Gasteiger partial charge is 0.434 e. The molecule has 11 heteroatoms. The Morgan fingerprint density at radius 1 is 1.27 bits per heavy atom. The first-order chi connectivity index (χ1) is 12.1. The number of nitrogens with one attached hydrogen (secondary N) is 1. The minimum absolute atomic E-state index is 0.00184. The fourth-order valence-corrected chi connectivity index (χ4v) is 4.36. The zero-order valence-corrected chi connectivity index (χ0v) is 15.5. The lowest BCUT2D eigenvalue weighted by molar-refractivity contribution is -0.140. The van der Waals surface area contributed by atoms with Gasteiger partial charge in [-0.3, -0.25) is 10.1 Å². The van der Waals surface area contributed by atoms with E-state index in [0.717, 1.165) is 5.38 Å². The number of hydrogen-bond acceptors (Lipinski definition) is 5. The van der Waals surface area contributed by atoms with E-state index in [1.54, 1.807) is 13.8 Å². The molecule has 1 heterocycles. The summed E-state index contributed by atoms with van der Waals surface area (Å²) in [5.41, 5.74) is -1.10. The first-order valence-corrected chi connectivity index (χ1v) is 9.85. The number of carbonyl (C=O) groups is 1. The maximum absolute atomic E-state index is 12.5. The lowest BCUT2D eigenvalue weighted by Crippen LogP contribution is -2.30. The summed E-state index contributed by atoms with van der Waals surface area (Å²) in [6.45, 7) is 3.93. The van der Waals surface area contributed by atoms with Crippen molar-refractivity contribution in [3.8, 4) is 0 Å². The zero-order chi connectivity index (χ0) is 19.5. The van der Waals surface area contributed by atoms with Crippen LogP contribution in [0.3, 0.4) is 0 Å². The van der Waals surface area contributed by atoms with Crippen molar-refractivity contribution in [2.45, 2.75) is 24.9 Å². The first-order valence-electron chi connectivity index (χ1n) is 7.53. The monoisotopic (exact) mass is 407 g/mol. The van der Waals surface area contributed by atoms with Crippen molar-refractivity contribution in [1.82, 2.24) is 9.29 Å². The van der Waals surface area contributed by atoms with Gasteiger partial charge < -0.3 is 0 Å². The highest BCUT2D eigenvalue weighted by atomic mass is 32.2. The van der Waals surface area contributed by atoms with E-state index in [0.29, 0.717) is 11.3 Å². The van der Waals surface area contributed by atoms with Gasteiger partial charge >= 0.3 is 6.18 Å². The molecule has 0 aliphatic heterocycles. The second-order valence-corrected chi connectivity index (χ2v) is 7.90. The molecule has 142 valence electrons. The summed E-state index contributed by atoms with van der Waals surface area (Å²) in [6, 6.07) is 5.31. The van der Waals surface area contributed by atoms with Crippen LogP contribution in [0.15, 0.2) is 34.5 Å². The van der Waals surface area contributed by atoms with E-state index in [9.17, 15) is 26.4 Å². The second kappa shape index (κ2) is 7.72. The van der Waals surface area contributed by atoms with Crippen LogP contribution in [0.4, 0.5) is 18.3 Å². The van der Waals surface area contributed by atoms with Crippen molar-refractivity contribution in [3.63, 3.8) is 0 Å². The van der Waals surface area contributed by atoms with E-state index in [1.165, 1.54) is 28.6 Å². The minimum atomic E-state index is -4.60. The smallest absolute Gasteiger partial charge is 0.298 e. The van der Waals surface area contributed by atoms with Gasteiger partial charge in [0.2, 0.25) is 10.0 Å². The van der Waals surface area contributed by atoms with Crippen molar-refractivity contribution in [3.05, 3.63) is 40.9 Å². The highest BCUT2D eigenvalue weighted by molar-refractivity contribution is 7.89. The molecule has 1 aromatic carbocycles. The Morgan fingerprint density at radius 3 is 2.46 bits per heavy atom. The van der Waals surface area contributed by atoms with Crippen molar-refractivity contribution < 1.29 is 26.4 Å². The number of rotatable bonds is 6. The molecule has 0 unspecified atom stereocenters.